The Balaban J connectivity index is 2.18. The lowest BCUT2D eigenvalue weighted by Gasteiger charge is -2.08. The molecule has 0 bridgehead atoms. The molecule has 1 aliphatic carbocycles. The minimum atomic E-state index is 0.259. The zero-order valence-corrected chi connectivity index (χ0v) is 6.98. The molecule has 0 fully saturated rings. The molecule has 0 saturated carbocycles. The number of rotatable bonds is 1. The van der Waals surface area contributed by atoms with Crippen LogP contribution in [0.25, 0.3) is 0 Å². The Labute approximate surface area is 72.9 Å². The molecule has 1 nitrogen and oxygen atoms in total. The fraction of sp³-hybridized carbons (Fsp3) is 0.273. The molecule has 0 radical (unpaired) electrons. The van der Waals surface area contributed by atoms with Gasteiger partial charge in [0.05, 0.1) is 0 Å². The third kappa shape index (κ3) is 1.41. The minimum Gasteiger partial charge on any atom is -0.324 e. The lowest BCUT2D eigenvalue weighted by Crippen LogP contribution is -2.14. The van der Waals surface area contributed by atoms with Crippen molar-refractivity contribution in [2.75, 3.05) is 0 Å². The molecule has 0 saturated heterocycles. The van der Waals surface area contributed by atoms with Crippen molar-refractivity contribution in [2.45, 2.75) is 18.4 Å². The molecule has 12 heavy (non-hydrogen) atoms. The molecule has 0 spiro atoms. The van der Waals surface area contributed by atoms with E-state index < -0.39 is 0 Å². The standard InChI is InChI=1S/C11H13N/c12-11-7-6-10(8-11)9-4-2-1-3-5-9/h1-7,10-11H,8,12H2/t10-,11+/m1/s1. The maximum absolute atomic E-state index is 5.78. The summed E-state index contributed by atoms with van der Waals surface area (Å²) in [6.45, 7) is 0. The predicted molar refractivity (Wildman–Crippen MR) is 50.9 cm³/mol. The zero-order chi connectivity index (χ0) is 8.39. The van der Waals surface area contributed by atoms with Gasteiger partial charge in [0.1, 0.15) is 0 Å². The Hall–Kier alpha value is -1.08. The largest absolute Gasteiger partial charge is 0.324 e. The van der Waals surface area contributed by atoms with E-state index >= 15 is 0 Å². The molecule has 0 heterocycles. The van der Waals surface area contributed by atoms with Crippen molar-refractivity contribution in [3.8, 4) is 0 Å². The van der Waals surface area contributed by atoms with Gasteiger partial charge in [-0.2, -0.15) is 0 Å². The molecule has 0 aromatic heterocycles. The molecule has 0 amide bonds. The number of hydrogen-bond acceptors (Lipinski definition) is 1. The van der Waals surface area contributed by atoms with E-state index in [-0.39, 0.29) is 6.04 Å². The van der Waals surface area contributed by atoms with E-state index in [4.69, 9.17) is 5.73 Å². The van der Waals surface area contributed by atoms with Crippen molar-refractivity contribution in [3.63, 3.8) is 0 Å². The third-order valence-corrected chi connectivity index (χ3v) is 2.34. The fourth-order valence-corrected chi connectivity index (χ4v) is 1.67. The molecule has 2 atom stereocenters. The molecule has 1 aromatic rings. The SMILES string of the molecule is N[C@H]1C=C[C@@H](c2ccccc2)C1. The second kappa shape index (κ2) is 3.11. The number of allylic oxidation sites excluding steroid dienone is 1. The second-order valence-corrected chi connectivity index (χ2v) is 3.30. The summed E-state index contributed by atoms with van der Waals surface area (Å²) >= 11 is 0. The highest BCUT2D eigenvalue weighted by molar-refractivity contribution is 5.27. The number of nitrogens with two attached hydrogens (primary N) is 1. The minimum absolute atomic E-state index is 0.259. The van der Waals surface area contributed by atoms with Crippen LogP contribution in [0.1, 0.15) is 17.9 Å². The van der Waals surface area contributed by atoms with Gasteiger partial charge in [0.2, 0.25) is 0 Å². The fourth-order valence-electron chi connectivity index (χ4n) is 1.67. The van der Waals surface area contributed by atoms with Gasteiger partial charge in [-0.15, -0.1) is 0 Å². The van der Waals surface area contributed by atoms with Gasteiger partial charge in [-0.25, -0.2) is 0 Å². The van der Waals surface area contributed by atoms with Crippen molar-refractivity contribution in [3.05, 3.63) is 48.0 Å². The molecule has 1 heteroatoms. The van der Waals surface area contributed by atoms with Crippen molar-refractivity contribution in [1.29, 1.82) is 0 Å². The molecule has 1 aliphatic rings. The maximum atomic E-state index is 5.78. The monoisotopic (exact) mass is 159 g/mol. The Bertz CT molecular complexity index is 276. The highest BCUT2D eigenvalue weighted by Crippen LogP contribution is 2.27. The van der Waals surface area contributed by atoms with Crippen LogP contribution in [0, 0.1) is 0 Å². The second-order valence-electron chi connectivity index (χ2n) is 3.30. The van der Waals surface area contributed by atoms with Gasteiger partial charge in [-0.05, 0) is 12.0 Å². The summed E-state index contributed by atoms with van der Waals surface area (Å²) < 4.78 is 0. The number of benzene rings is 1. The molecule has 2 N–H and O–H groups in total. The van der Waals surface area contributed by atoms with Gasteiger partial charge in [0.15, 0.2) is 0 Å². The van der Waals surface area contributed by atoms with Gasteiger partial charge in [0.25, 0.3) is 0 Å². The lowest BCUT2D eigenvalue weighted by atomic mass is 9.98. The van der Waals surface area contributed by atoms with Gasteiger partial charge in [-0.3, -0.25) is 0 Å². The van der Waals surface area contributed by atoms with E-state index in [0.717, 1.165) is 6.42 Å². The smallest absolute Gasteiger partial charge is 0.0232 e. The summed E-state index contributed by atoms with van der Waals surface area (Å²) in [6, 6.07) is 10.8. The van der Waals surface area contributed by atoms with Crippen LogP contribution in [0.5, 0.6) is 0 Å². The van der Waals surface area contributed by atoms with Crippen molar-refractivity contribution in [1.82, 2.24) is 0 Å². The molecule has 1 aromatic carbocycles. The van der Waals surface area contributed by atoms with Crippen LogP contribution < -0.4 is 5.73 Å². The summed E-state index contributed by atoms with van der Waals surface area (Å²) in [6.07, 6.45) is 5.36. The summed E-state index contributed by atoms with van der Waals surface area (Å²) in [5.41, 5.74) is 7.15. The van der Waals surface area contributed by atoms with E-state index in [9.17, 15) is 0 Å². The van der Waals surface area contributed by atoms with Crippen molar-refractivity contribution in [2.24, 2.45) is 5.73 Å². The first-order valence-corrected chi connectivity index (χ1v) is 4.35. The van der Waals surface area contributed by atoms with Crippen LogP contribution in [-0.2, 0) is 0 Å². The maximum Gasteiger partial charge on any atom is 0.0232 e. The van der Waals surface area contributed by atoms with Crippen LogP contribution in [0.3, 0.4) is 0 Å². The molecule has 62 valence electrons. The zero-order valence-electron chi connectivity index (χ0n) is 6.98. The Kier molecular flexibility index (Phi) is 1.96. The van der Waals surface area contributed by atoms with Crippen LogP contribution in [0.4, 0.5) is 0 Å². The first-order valence-electron chi connectivity index (χ1n) is 4.35. The summed E-state index contributed by atoms with van der Waals surface area (Å²) in [5, 5.41) is 0. The van der Waals surface area contributed by atoms with Crippen LogP contribution in [0.2, 0.25) is 0 Å². The lowest BCUT2D eigenvalue weighted by molar-refractivity contribution is 0.710. The average molecular weight is 159 g/mol. The van der Waals surface area contributed by atoms with Gasteiger partial charge in [-0.1, -0.05) is 42.5 Å². The van der Waals surface area contributed by atoms with Gasteiger partial charge in [0, 0.05) is 12.0 Å². The first-order chi connectivity index (χ1) is 5.86. The summed E-state index contributed by atoms with van der Waals surface area (Å²) in [7, 11) is 0. The van der Waals surface area contributed by atoms with E-state index in [0.29, 0.717) is 5.92 Å². The molecular formula is C11H13N. The Morgan fingerprint density at radius 3 is 2.42 bits per heavy atom. The van der Waals surface area contributed by atoms with Crippen molar-refractivity contribution >= 4 is 0 Å². The highest BCUT2D eigenvalue weighted by Gasteiger charge is 2.16. The molecule has 2 rings (SSSR count). The highest BCUT2D eigenvalue weighted by atomic mass is 14.6. The van der Waals surface area contributed by atoms with Crippen LogP contribution in [-0.4, -0.2) is 6.04 Å². The van der Waals surface area contributed by atoms with Gasteiger partial charge >= 0.3 is 0 Å². The quantitative estimate of drug-likeness (QED) is 0.623. The Morgan fingerprint density at radius 1 is 1.08 bits per heavy atom. The predicted octanol–water partition coefficient (Wildman–Crippen LogP) is 2.06. The van der Waals surface area contributed by atoms with Gasteiger partial charge < -0.3 is 5.73 Å². The van der Waals surface area contributed by atoms with Crippen molar-refractivity contribution < 1.29 is 0 Å². The molecular weight excluding hydrogens is 146 g/mol. The summed E-state index contributed by atoms with van der Waals surface area (Å²) in [4.78, 5) is 0. The van der Waals surface area contributed by atoms with Crippen LogP contribution >= 0.6 is 0 Å². The van der Waals surface area contributed by atoms with E-state index in [1.54, 1.807) is 0 Å². The van der Waals surface area contributed by atoms with Crippen LogP contribution in [0.15, 0.2) is 42.5 Å². The third-order valence-electron chi connectivity index (χ3n) is 2.34. The normalized spacial score (nSPS) is 27.8. The number of hydrogen-bond donors (Lipinski definition) is 1. The van der Waals surface area contributed by atoms with E-state index in [2.05, 4.69) is 36.4 Å². The van der Waals surface area contributed by atoms with E-state index in [1.165, 1.54) is 5.56 Å². The first kappa shape index (κ1) is 7.56. The molecule has 0 unspecified atom stereocenters. The van der Waals surface area contributed by atoms with E-state index in [1.807, 2.05) is 6.07 Å². The average Bonchev–Trinajstić information content (AvgIpc) is 2.54. The topological polar surface area (TPSA) is 26.0 Å². The summed E-state index contributed by atoms with van der Waals surface area (Å²) in [5.74, 6) is 0.543. The molecule has 0 aliphatic heterocycles. The Morgan fingerprint density at radius 2 is 1.83 bits per heavy atom.